The number of nitrogens with zero attached hydrogens (tertiary/aromatic N) is 1. The summed E-state index contributed by atoms with van der Waals surface area (Å²) in [5, 5.41) is 11.7. The Morgan fingerprint density at radius 3 is 2.35 bits per heavy atom. The normalized spacial score (nSPS) is 17.2. The average Bonchev–Trinajstić information content (AvgIpc) is 3.10. The van der Waals surface area contributed by atoms with Gasteiger partial charge in [-0.25, -0.2) is 0 Å². The van der Waals surface area contributed by atoms with E-state index in [1.165, 1.54) is 12.0 Å². The number of benzene rings is 3. The average molecular weight is 478 g/mol. The van der Waals surface area contributed by atoms with E-state index in [1.807, 2.05) is 44.2 Å². The first-order valence-corrected chi connectivity index (χ1v) is 11.2. The smallest absolute Gasteiger partial charge is 0.300 e. The van der Waals surface area contributed by atoms with Gasteiger partial charge in [0.25, 0.3) is 11.7 Å². The van der Waals surface area contributed by atoms with E-state index in [0.29, 0.717) is 28.6 Å². The molecule has 4 rings (SSSR count). The molecule has 0 spiro atoms. The van der Waals surface area contributed by atoms with Crippen molar-refractivity contribution in [3.63, 3.8) is 0 Å². The number of ketones is 1. The number of aliphatic hydroxyl groups excluding tert-OH is 1. The van der Waals surface area contributed by atoms with Crippen molar-refractivity contribution in [3.05, 3.63) is 94.0 Å². The molecule has 6 nitrogen and oxygen atoms in total. The van der Waals surface area contributed by atoms with Crippen LogP contribution in [0, 0.1) is 6.92 Å². The molecular formula is C27H24ClNO5. The summed E-state index contributed by atoms with van der Waals surface area (Å²) >= 11 is 6.34. The second kappa shape index (κ2) is 9.61. The minimum Gasteiger partial charge on any atom is -0.507 e. The molecule has 0 radical (unpaired) electrons. The Morgan fingerprint density at radius 2 is 1.74 bits per heavy atom. The van der Waals surface area contributed by atoms with Gasteiger partial charge in [0.2, 0.25) is 0 Å². The number of aliphatic hydroxyl groups is 1. The van der Waals surface area contributed by atoms with Crippen LogP contribution < -0.4 is 14.4 Å². The lowest BCUT2D eigenvalue weighted by Gasteiger charge is -2.25. The zero-order chi connectivity index (χ0) is 24.4. The first-order valence-electron chi connectivity index (χ1n) is 10.8. The molecule has 1 heterocycles. The lowest BCUT2D eigenvalue weighted by atomic mass is 9.94. The number of hydrogen-bond acceptors (Lipinski definition) is 5. The molecule has 3 aromatic rings. The van der Waals surface area contributed by atoms with Gasteiger partial charge in [-0.05, 0) is 61.4 Å². The van der Waals surface area contributed by atoms with Crippen molar-refractivity contribution in [1.82, 2.24) is 0 Å². The van der Waals surface area contributed by atoms with Crippen molar-refractivity contribution in [2.24, 2.45) is 0 Å². The predicted octanol–water partition coefficient (Wildman–Crippen LogP) is 5.68. The maximum Gasteiger partial charge on any atom is 0.300 e. The second-order valence-corrected chi connectivity index (χ2v) is 8.24. The fraction of sp³-hybridized carbons (Fsp3) is 0.185. The number of rotatable bonds is 6. The molecule has 0 saturated carbocycles. The van der Waals surface area contributed by atoms with Gasteiger partial charge in [-0.1, -0.05) is 41.9 Å². The maximum atomic E-state index is 13.3. The number of carbonyl (C=O) groups excluding carboxylic acids is 2. The number of carbonyl (C=O) groups is 2. The van der Waals surface area contributed by atoms with Crippen LogP contribution in [0.2, 0.25) is 5.02 Å². The van der Waals surface area contributed by atoms with E-state index in [-0.39, 0.29) is 22.6 Å². The Bertz CT molecular complexity index is 1270. The number of ether oxygens (including phenoxy) is 2. The van der Waals surface area contributed by atoms with Gasteiger partial charge in [0, 0.05) is 5.69 Å². The van der Waals surface area contributed by atoms with Gasteiger partial charge in [-0.15, -0.1) is 0 Å². The van der Waals surface area contributed by atoms with E-state index < -0.39 is 17.7 Å². The van der Waals surface area contributed by atoms with Gasteiger partial charge < -0.3 is 14.6 Å². The molecule has 1 aliphatic rings. The number of Topliss-reactive ketones (excluding diaryl/α,β-unsaturated/α-hetero) is 1. The van der Waals surface area contributed by atoms with E-state index >= 15 is 0 Å². The van der Waals surface area contributed by atoms with Crippen LogP contribution in [0.3, 0.4) is 0 Å². The number of hydrogen-bond donors (Lipinski definition) is 1. The Kier molecular flexibility index (Phi) is 6.61. The van der Waals surface area contributed by atoms with Crippen LogP contribution in [-0.2, 0) is 9.59 Å². The highest BCUT2D eigenvalue weighted by Crippen LogP contribution is 2.44. The molecule has 0 bridgehead atoms. The Labute approximate surface area is 203 Å². The van der Waals surface area contributed by atoms with Gasteiger partial charge in [0.15, 0.2) is 0 Å². The van der Waals surface area contributed by atoms with E-state index in [4.69, 9.17) is 21.1 Å². The summed E-state index contributed by atoms with van der Waals surface area (Å²) in [6.45, 7) is 4.21. The fourth-order valence-electron chi connectivity index (χ4n) is 4.18. The minimum atomic E-state index is -0.844. The van der Waals surface area contributed by atoms with Gasteiger partial charge >= 0.3 is 0 Å². The number of amides is 1. The molecule has 1 N–H and O–H groups in total. The molecule has 1 saturated heterocycles. The molecule has 0 aliphatic carbocycles. The zero-order valence-corrected chi connectivity index (χ0v) is 19.8. The van der Waals surface area contributed by atoms with Gasteiger partial charge in [-0.2, -0.15) is 0 Å². The zero-order valence-electron chi connectivity index (χ0n) is 19.0. The molecular weight excluding hydrogens is 454 g/mol. The number of methoxy groups -OCH3 is 1. The Morgan fingerprint density at radius 1 is 1.06 bits per heavy atom. The standard InChI is InChI=1S/C27H24ClNO5/c1-4-34-19-12-10-18(11-13-19)29-23(17-8-6-5-7-9-17)22(25(31)27(29)32)24(30)20-14-16(2)15-21(28)26(20)33-3/h5-15,23,30H,4H2,1-3H3/b24-22+. The van der Waals surface area contributed by atoms with E-state index in [2.05, 4.69) is 0 Å². The van der Waals surface area contributed by atoms with E-state index in [1.54, 1.807) is 36.4 Å². The summed E-state index contributed by atoms with van der Waals surface area (Å²) in [5.74, 6) is -0.998. The predicted molar refractivity (Wildman–Crippen MR) is 132 cm³/mol. The van der Waals surface area contributed by atoms with Crippen molar-refractivity contribution < 1.29 is 24.2 Å². The highest BCUT2D eigenvalue weighted by Gasteiger charge is 2.47. The quantitative estimate of drug-likeness (QED) is 0.281. The largest absolute Gasteiger partial charge is 0.507 e. The Hall–Kier alpha value is -3.77. The van der Waals surface area contributed by atoms with Crippen LogP contribution in [0.4, 0.5) is 5.69 Å². The van der Waals surface area contributed by atoms with Crippen molar-refractivity contribution in [1.29, 1.82) is 0 Å². The van der Waals surface area contributed by atoms with Gasteiger partial charge in [-0.3, -0.25) is 14.5 Å². The third-order valence-corrected chi connectivity index (χ3v) is 5.91. The molecule has 1 unspecified atom stereocenters. The minimum absolute atomic E-state index is 0.0370. The maximum absolute atomic E-state index is 13.3. The topological polar surface area (TPSA) is 76.1 Å². The van der Waals surface area contributed by atoms with Crippen molar-refractivity contribution in [2.45, 2.75) is 19.9 Å². The van der Waals surface area contributed by atoms with Gasteiger partial charge in [0.05, 0.1) is 35.9 Å². The SMILES string of the molecule is CCOc1ccc(N2C(=O)C(=O)/C(=C(/O)c3cc(C)cc(Cl)c3OC)C2c2ccccc2)cc1. The first kappa shape index (κ1) is 23.4. The van der Waals surface area contributed by atoms with Crippen LogP contribution in [0.15, 0.2) is 72.3 Å². The van der Waals surface area contributed by atoms with Crippen LogP contribution in [0.25, 0.3) is 5.76 Å². The van der Waals surface area contributed by atoms with Crippen LogP contribution in [-0.4, -0.2) is 30.5 Å². The highest BCUT2D eigenvalue weighted by atomic mass is 35.5. The highest BCUT2D eigenvalue weighted by molar-refractivity contribution is 6.51. The van der Waals surface area contributed by atoms with Crippen LogP contribution in [0.1, 0.15) is 29.7 Å². The second-order valence-electron chi connectivity index (χ2n) is 7.83. The van der Waals surface area contributed by atoms with Crippen molar-refractivity contribution in [2.75, 3.05) is 18.6 Å². The third-order valence-electron chi connectivity index (χ3n) is 5.63. The van der Waals surface area contributed by atoms with Crippen LogP contribution >= 0.6 is 11.6 Å². The summed E-state index contributed by atoms with van der Waals surface area (Å²) < 4.78 is 10.9. The molecule has 7 heteroatoms. The van der Waals surface area contributed by atoms with Crippen molar-refractivity contribution in [3.8, 4) is 11.5 Å². The summed E-state index contributed by atoms with van der Waals surface area (Å²) in [6, 6.07) is 18.5. The monoisotopic (exact) mass is 477 g/mol. The molecule has 1 aliphatic heterocycles. The molecule has 1 fully saturated rings. The lowest BCUT2D eigenvalue weighted by Crippen LogP contribution is -2.29. The van der Waals surface area contributed by atoms with Gasteiger partial charge in [0.1, 0.15) is 17.3 Å². The summed E-state index contributed by atoms with van der Waals surface area (Å²) in [5.41, 5.74) is 2.16. The Balaban J connectivity index is 1.94. The molecule has 34 heavy (non-hydrogen) atoms. The van der Waals surface area contributed by atoms with E-state index in [0.717, 1.165) is 5.56 Å². The number of anilines is 1. The fourth-order valence-corrected chi connectivity index (χ4v) is 4.53. The molecule has 174 valence electrons. The molecule has 1 amide bonds. The van der Waals surface area contributed by atoms with Crippen molar-refractivity contribution >= 4 is 34.7 Å². The number of halogens is 1. The summed E-state index contributed by atoms with van der Waals surface area (Å²) in [4.78, 5) is 28.0. The first-order chi connectivity index (χ1) is 16.4. The molecule has 3 aromatic carbocycles. The summed E-state index contributed by atoms with van der Waals surface area (Å²) in [7, 11) is 1.43. The van der Waals surface area contributed by atoms with E-state index in [9.17, 15) is 14.7 Å². The number of aryl methyl sites for hydroxylation is 1. The molecule has 0 aromatic heterocycles. The third kappa shape index (κ3) is 4.13. The lowest BCUT2D eigenvalue weighted by molar-refractivity contribution is -0.132. The molecule has 1 atom stereocenters. The summed E-state index contributed by atoms with van der Waals surface area (Å²) in [6.07, 6.45) is 0. The van der Waals surface area contributed by atoms with Crippen LogP contribution in [0.5, 0.6) is 11.5 Å².